The average Bonchev–Trinajstić information content (AvgIpc) is 2.47. The molecule has 0 heterocycles. The quantitative estimate of drug-likeness (QED) is 0.777. The normalized spacial score (nSPS) is 12.1. The Morgan fingerprint density at radius 3 is 2.40 bits per heavy atom. The fraction of sp³-hybridized carbons (Fsp3) is 0.333. The topological polar surface area (TPSA) is 35.2 Å². The highest BCUT2D eigenvalue weighted by Crippen LogP contribution is 2.11. The van der Waals surface area contributed by atoms with Crippen LogP contribution in [-0.2, 0) is 6.42 Å². The van der Waals surface area contributed by atoms with Gasteiger partial charge in [0, 0.05) is 6.04 Å². The first-order valence-corrected chi connectivity index (χ1v) is 7.23. The summed E-state index contributed by atoms with van der Waals surface area (Å²) in [6.07, 6.45) is 2.91. The molecule has 2 nitrogen and oxygen atoms in total. The summed E-state index contributed by atoms with van der Waals surface area (Å²) in [7, 11) is 0. The Hall–Kier alpha value is -1.80. The van der Waals surface area contributed by atoms with Crippen LogP contribution in [0.4, 0.5) is 0 Å². The molecule has 0 radical (unpaired) electrons. The van der Waals surface area contributed by atoms with Crippen LogP contribution >= 0.6 is 0 Å². The van der Waals surface area contributed by atoms with Crippen LogP contribution in [-0.4, -0.2) is 12.6 Å². The Morgan fingerprint density at radius 1 is 1.00 bits per heavy atom. The first-order chi connectivity index (χ1) is 9.74. The van der Waals surface area contributed by atoms with Crippen LogP contribution in [0.1, 0.15) is 24.0 Å². The van der Waals surface area contributed by atoms with Gasteiger partial charge >= 0.3 is 0 Å². The average molecular weight is 269 g/mol. The van der Waals surface area contributed by atoms with Crippen molar-refractivity contribution in [2.24, 2.45) is 5.73 Å². The van der Waals surface area contributed by atoms with Gasteiger partial charge in [-0.05, 0) is 43.9 Å². The fourth-order valence-electron chi connectivity index (χ4n) is 2.18. The lowest BCUT2D eigenvalue weighted by Crippen LogP contribution is -2.23. The van der Waals surface area contributed by atoms with Crippen LogP contribution in [0, 0.1) is 6.92 Å². The molecule has 0 saturated carbocycles. The number of hydrogen-bond acceptors (Lipinski definition) is 2. The first kappa shape index (κ1) is 14.6. The molecule has 106 valence electrons. The van der Waals surface area contributed by atoms with Gasteiger partial charge in [0.2, 0.25) is 0 Å². The van der Waals surface area contributed by atoms with Gasteiger partial charge in [-0.2, -0.15) is 0 Å². The summed E-state index contributed by atoms with van der Waals surface area (Å²) in [6, 6.07) is 18.7. The Bertz CT molecular complexity index is 493. The lowest BCUT2D eigenvalue weighted by molar-refractivity contribution is 0.301. The molecule has 0 saturated heterocycles. The zero-order chi connectivity index (χ0) is 14.2. The molecule has 2 aromatic rings. The zero-order valence-corrected chi connectivity index (χ0v) is 12.1. The van der Waals surface area contributed by atoms with E-state index in [9.17, 15) is 0 Å². The van der Waals surface area contributed by atoms with E-state index in [1.807, 2.05) is 30.3 Å². The molecule has 0 aromatic heterocycles. The maximum absolute atomic E-state index is 6.17. The SMILES string of the molecule is Cc1ccc(CC(N)CCCOc2ccccc2)cc1. The molecule has 2 rings (SSSR count). The number of ether oxygens (including phenoxy) is 1. The fourth-order valence-corrected chi connectivity index (χ4v) is 2.18. The highest BCUT2D eigenvalue weighted by molar-refractivity contribution is 5.22. The van der Waals surface area contributed by atoms with E-state index < -0.39 is 0 Å². The summed E-state index contributed by atoms with van der Waals surface area (Å²) in [5.74, 6) is 0.930. The molecule has 20 heavy (non-hydrogen) atoms. The second-order valence-corrected chi connectivity index (χ2v) is 5.25. The molecular formula is C18H23NO. The van der Waals surface area contributed by atoms with Gasteiger partial charge in [-0.25, -0.2) is 0 Å². The van der Waals surface area contributed by atoms with Crippen LogP contribution in [0.2, 0.25) is 0 Å². The molecule has 2 heteroatoms. The predicted octanol–water partition coefficient (Wildman–Crippen LogP) is 3.72. The van der Waals surface area contributed by atoms with Gasteiger partial charge in [0.25, 0.3) is 0 Å². The molecule has 0 aliphatic rings. The predicted molar refractivity (Wildman–Crippen MR) is 84.0 cm³/mol. The first-order valence-electron chi connectivity index (χ1n) is 7.23. The zero-order valence-electron chi connectivity index (χ0n) is 12.1. The Labute approximate surface area is 121 Å². The second kappa shape index (κ2) is 7.71. The van der Waals surface area contributed by atoms with Crippen molar-refractivity contribution in [2.45, 2.75) is 32.2 Å². The Kier molecular flexibility index (Phi) is 5.63. The highest BCUT2D eigenvalue weighted by atomic mass is 16.5. The summed E-state index contributed by atoms with van der Waals surface area (Å²) in [5, 5.41) is 0. The summed E-state index contributed by atoms with van der Waals surface area (Å²) in [5.41, 5.74) is 8.77. The Morgan fingerprint density at radius 2 is 1.70 bits per heavy atom. The van der Waals surface area contributed by atoms with Crippen LogP contribution in [0.25, 0.3) is 0 Å². The Balaban J connectivity index is 1.65. The van der Waals surface area contributed by atoms with Crippen molar-refractivity contribution in [1.82, 2.24) is 0 Å². The van der Waals surface area contributed by atoms with Crippen molar-refractivity contribution >= 4 is 0 Å². The number of nitrogens with two attached hydrogens (primary N) is 1. The monoisotopic (exact) mass is 269 g/mol. The minimum Gasteiger partial charge on any atom is -0.494 e. The number of hydrogen-bond donors (Lipinski definition) is 1. The summed E-state index contributed by atoms with van der Waals surface area (Å²) in [4.78, 5) is 0. The van der Waals surface area contributed by atoms with E-state index in [0.717, 1.165) is 31.6 Å². The van der Waals surface area contributed by atoms with E-state index in [2.05, 4.69) is 31.2 Å². The minimum absolute atomic E-state index is 0.206. The van der Waals surface area contributed by atoms with Crippen LogP contribution < -0.4 is 10.5 Å². The van der Waals surface area contributed by atoms with E-state index in [4.69, 9.17) is 10.5 Å². The molecule has 1 atom stereocenters. The standard InChI is InChI=1S/C18H23NO/c1-15-9-11-16(12-10-15)14-17(19)6-5-13-20-18-7-3-2-4-8-18/h2-4,7-12,17H,5-6,13-14,19H2,1H3. The third-order valence-electron chi connectivity index (χ3n) is 3.35. The second-order valence-electron chi connectivity index (χ2n) is 5.25. The third kappa shape index (κ3) is 5.06. The lowest BCUT2D eigenvalue weighted by Gasteiger charge is -2.12. The smallest absolute Gasteiger partial charge is 0.119 e. The molecule has 0 bridgehead atoms. The van der Waals surface area contributed by atoms with Gasteiger partial charge in [-0.15, -0.1) is 0 Å². The molecule has 0 aliphatic carbocycles. The molecule has 0 spiro atoms. The molecule has 0 aliphatic heterocycles. The van der Waals surface area contributed by atoms with Crippen LogP contribution in [0.5, 0.6) is 5.75 Å². The molecule has 2 N–H and O–H groups in total. The summed E-state index contributed by atoms with van der Waals surface area (Å²) >= 11 is 0. The largest absolute Gasteiger partial charge is 0.494 e. The maximum Gasteiger partial charge on any atom is 0.119 e. The maximum atomic E-state index is 6.17. The van der Waals surface area contributed by atoms with Crippen molar-refractivity contribution in [1.29, 1.82) is 0 Å². The van der Waals surface area contributed by atoms with Gasteiger partial charge in [0.05, 0.1) is 6.61 Å². The van der Waals surface area contributed by atoms with Crippen molar-refractivity contribution in [3.63, 3.8) is 0 Å². The van der Waals surface area contributed by atoms with Crippen LogP contribution in [0.15, 0.2) is 54.6 Å². The van der Waals surface area contributed by atoms with Gasteiger partial charge in [-0.3, -0.25) is 0 Å². The van der Waals surface area contributed by atoms with Crippen molar-refractivity contribution in [3.8, 4) is 5.75 Å². The van der Waals surface area contributed by atoms with E-state index in [0.29, 0.717) is 0 Å². The van der Waals surface area contributed by atoms with E-state index in [1.54, 1.807) is 0 Å². The van der Waals surface area contributed by atoms with E-state index >= 15 is 0 Å². The lowest BCUT2D eigenvalue weighted by atomic mass is 10.0. The van der Waals surface area contributed by atoms with Crippen molar-refractivity contribution in [2.75, 3.05) is 6.61 Å². The van der Waals surface area contributed by atoms with E-state index in [1.165, 1.54) is 11.1 Å². The van der Waals surface area contributed by atoms with Crippen molar-refractivity contribution in [3.05, 3.63) is 65.7 Å². The molecule has 0 fully saturated rings. The van der Waals surface area contributed by atoms with E-state index in [-0.39, 0.29) is 6.04 Å². The van der Waals surface area contributed by atoms with Gasteiger partial charge in [-0.1, -0.05) is 48.0 Å². The minimum atomic E-state index is 0.206. The third-order valence-corrected chi connectivity index (χ3v) is 3.35. The highest BCUT2D eigenvalue weighted by Gasteiger charge is 2.04. The van der Waals surface area contributed by atoms with Crippen molar-refractivity contribution < 1.29 is 4.74 Å². The molecule has 1 unspecified atom stereocenters. The molecular weight excluding hydrogens is 246 g/mol. The number of para-hydroxylation sites is 1. The van der Waals surface area contributed by atoms with Gasteiger partial charge in [0.15, 0.2) is 0 Å². The summed E-state index contributed by atoms with van der Waals surface area (Å²) < 4.78 is 5.67. The number of aryl methyl sites for hydroxylation is 1. The number of rotatable bonds is 7. The van der Waals surface area contributed by atoms with Gasteiger partial charge in [0.1, 0.15) is 5.75 Å². The van der Waals surface area contributed by atoms with Gasteiger partial charge < -0.3 is 10.5 Å². The number of benzene rings is 2. The molecule has 2 aromatic carbocycles. The van der Waals surface area contributed by atoms with Crippen LogP contribution in [0.3, 0.4) is 0 Å². The summed E-state index contributed by atoms with van der Waals surface area (Å²) in [6.45, 7) is 2.83. The molecule has 0 amide bonds.